The summed E-state index contributed by atoms with van der Waals surface area (Å²) in [6.45, 7) is 6.95. The van der Waals surface area contributed by atoms with Crippen molar-refractivity contribution >= 4 is 17.7 Å². The summed E-state index contributed by atoms with van der Waals surface area (Å²) >= 11 is 1.56. The van der Waals surface area contributed by atoms with Crippen molar-refractivity contribution in [3.63, 3.8) is 0 Å². The van der Waals surface area contributed by atoms with Crippen LogP contribution < -0.4 is 10.9 Å². The van der Waals surface area contributed by atoms with Gasteiger partial charge in [0.2, 0.25) is 5.91 Å². The van der Waals surface area contributed by atoms with E-state index in [9.17, 15) is 9.59 Å². The summed E-state index contributed by atoms with van der Waals surface area (Å²) in [7, 11) is 0. The van der Waals surface area contributed by atoms with Crippen LogP contribution in [0.3, 0.4) is 0 Å². The third-order valence-corrected chi connectivity index (χ3v) is 4.67. The minimum atomic E-state index is -0.0741. The van der Waals surface area contributed by atoms with E-state index in [0.29, 0.717) is 18.9 Å². The molecule has 1 aliphatic heterocycles. The van der Waals surface area contributed by atoms with Crippen LogP contribution in [0.5, 0.6) is 0 Å². The predicted octanol–water partition coefficient (Wildman–Crippen LogP) is 2.00. The lowest BCUT2D eigenvalue weighted by Gasteiger charge is -2.14. The van der Waals surface area contributed by atoms with Crippen LogP contribution in [0.15, 0.2) is 16.0 Å². The quantitative estimate of drug-likeness (QED) is 0.816. The van der Waals surface area contributed by atoms with Crippen molar-refractivity contribution in [2.45, 2.75) is 51.2 Å². The monoisotopic (exact) mass is 309 g/mol. The number of thioether (sulfide) groups is 1. The largest absolute Gasteiger partial charge is 0.356 e. The van der Waals surface area contributed by atoms with Gasteiger partial charge in [0.05, 0.1) is 6.04 Å². The van der Waals surface area contributed by atoms with Gasteiger partial charge in [0, 0.05) is 30.5 Å². The molecule has 116 valence electrons. The van der Waals surface area contributed by atoms with Gasteiger partial charge in [-0.25, -0.2) is 4.98 Å². The number of aryl methyl sites for hydroxylation is 1. The Morgan fingerprint density at radius 1 is 1.57 bits per heavy atom. The van der Waals surface area contributed by atoms with Crippen molar-refractivity contribution in [1.29, 1.82) is 0 Å². The third-order valence-electron chi connectivity index (χ3n) is 3.57. The van der Waals surface area contributed by atoms with Gasteiger partial charge in [-0.2, -0.15) is 0 Å². The van der Waals surface area contributed by atoms with Gasteiger partial charge in [0.1, 0.15) is 0 Å². The molecule has 2 heterocycles. The van der Waals surface area contributed by atoms with E-state index in [1.165, 1.54) is 0 Å². The zero-order valence-corrected chi connectivity index (χ0v) is 13.7. The summed E-state index contributed by atoms with van der Waals surface area (Å²) in [5.74, 6) is 1.33. The summed E-state index contributed by atoms with van der Waals surface area (Å²) < 4.78 is 1.67. The smallest absolute Gasteiger partial charge is 0.254 e. The van der Waals surface area contributed by atoms with Crippen molar-refractivity contribution in [2.75, 3.05) is 12.3 Å². The Bertz CT molecular complexity index is 569. The Labute approximate surface area is 129 Å². The van der Waals surface area contributed by atoms with E-state index in [2.05, 4.69) is 24.1 Å². The van der Waals surface area contributed by atoms with Crippen LogP contribution in [0.2, 0.25) is 0 Å². The Morgan fingerprint density at radius 2 is 2.33 bits per heavy atom. The van der Waals surface area contributed by atoms with Crippen LogP contribution in [0, 0.1) is 5.92 Å². The van der Waals surface area contributed by atoms with Crippen LogP contribution in [-0.2, 0) is 11.2 Å². The van der Waals surface area contributed by atoms with Crippen LogP contribution in [-0.4, -0.2) is 27.8 Å². The minimum Gasteiger partial charge on any atom is -0.356 e. The average molecular weight is 309 g/mol. The maximum Gasteiger partial charge on any atom is 0.254 e. The normalized spacial score (nSPS) is 17.0. The molecule has 0 fully saturated rings. The maximum absolute atomic E-state index is 12.2. The third kappa shape index (κ3) is 4.09. The number of rotatable bonds is 6. The van der Waals surface area contributed by atoms with E-state index in [0.717, 1.165) is 29.4 Å². The van der Waals surface area contributed by atoms with Gasteiger partial charge in [-0.3, -0.25) is 14.2 Å². The first-order chi connectivity index (χ1) is 10.0. The number of amides is 1. The molecule has 0 saturated carbocycles. The first-order valence-electron chi connectivity index (χ1n) is 7.53. The second-order valence-electron chi connectivity index (χ2n) is 5.79. The molecule has 0 saturated heterocycles. The molecule has 0 radical (unpaired) electrons. The van der Waals surface area contributed by atoms with E-state index >= 15 is 0 Å². The Morgan fingerprint density at radius 3 is 3.00 bits per heavy atom. The summed E-state index contributed by atoms with van der Waals surface area (Å²) in [6, 6.07) is 1.51. The van der Waals surface area contributed by atoms with Crippen molar-refractivity contribution in [1.82, 2.24) is 14.9 Å². The fourth-order valence-corrected chi connectivity index (χ4v) is 3.48. The summed E-state index contributed by atoms with van der Waals surface area (Å²) in [6.07, 6.45) is 2.08. The lowest BCUT2D eigenvalue weighted by molar-refractivity contribution is -0.121. The minimum absolute atomic E-state index is 0.0144. The Hall–Kier alpha value is -1.30. The van der Waals surface area contributed by atoms with Gasteiger partial charge in [0.25, 0.3) is 5.56 Å². The van der Waals surface area contributed by atoms with Gasteiger partial charge < -0.3 is 5.32 Å². The number of fused-ring (bicyclic) bond motifs is 1. The molecule has 2 rings (SSSR count). The van der Waals surface area contributed by atoms with Crippen LogP contribution >= 0.6 is 11.8 Å². The molecular formula is C15H23N3O2S. The highest BCUT2D eigenvalue weighted by Crippen LogP contribution is 2.31. The molecule has 1 unspecified atom stereocenters. The summed E-state index contributed by atoms with van der Waals surface area (Å²) in [5, 5.41) is 3.68. The van der Waals surface area contributed by atoms with Crippen LogP contribution in [0.4, 0.5) is 0 Å². The lowest BCUT2D eigenvalue weighted by atomic mass is 10.1. The zero-order valence-electron chi connectivity index (χ0n) is 12.9. The van der Waals surface area contributed by atoms with Crippen molar-refractivity contribution in [2.24, 2.45) is 5.92 Å². The Balaban J connectivity index is 1.99. The average Bonchev–Trinajstić information content (AvgIpc) is 2.81. The first kappa shape index (κ1) is 16.1. The highest BCUT2D eigenvalue weighted by molar-refractivity contribution is 7.99. The fourth-order valence-electron chi connectivity index (χ4n) is 2.32. The number of aromatic nitrogens is 2. The molecule has 1 aliphatic rings. The highest BCUT2D eigenvalue weighted by Gasteiger charge is 2.27. The molecule has 1 amide bonds. The molecule has 1 aromatic rings. The molecule has 0 aromatic carbocycles. The highest BCUT2D eigenvalue weighted by atomic mass is 32.2. The standard InChI is InChI=1S/C15H23N3O2S/c1-4-11-7-14(20)18-12(9-21-15(18)17-11)8-13(19)16-6-5-10(2)3/h7,10,12H,4-6,8-9H2,1-3H3,(H,16,19). The number of hydrogen-bond acceptors (Lipinski definition) is 4. The van der Waals surface area contributed by atoms with E-state index < -0.39 is 0 Å². The van der Waals surface area contributed by atoms with Crippen molar-refractivity contribution in [3.05, 3.63) is 22.1 Å². The molecule has 6 heteroatoms. The van der Waals surface area contributed by atoms with Crippen molar-refractivity contribution < 1.29 is 4.79 Å². The lowest BCUT2D eigenvalue weighted by Crippen LogP contribution is -2.31. The molecule has 0 bridgehead atoms. The van der Waals surface area contributed by atoms with Gasteiger partial charge in [0.15, 0.2) is 5.16 Å². The number of nitrogens with zero attached hydrogens (tertiary/aromatic N) is 2. The number of carbonyl (C=O) groups is 1. The number of nitrogens with one attached hydrogen (secondary N) is 1. The second kappa shape index (κ2) is 7.11. The molecular weight excluding hydrogens is 286 g/mol. The van der Waals surface area contributed by atoms with Gasteiger partial charge in [-0.1, -0.05) is 32.5 Å². The molecule has 1 aromatic heterocycles. The van der Waals surface area contributed by atoms with Crippen LogP contribution in [0.1, 0.15) is 45.3 Å². The molecule has 1 atom stereocenters. The topological polar surface area (TPSA) is 64.0 Å². The number of hydrogen-bond donors (Lipinski definition) is 1. The summed E-state index contributed by atoms with van der Waals surface area (Å²) in [5.41, 5.74) is 0.780. The van der Waals surface area contributed by atoms with Crippen LogP contribution in [0.25, 0.3) is 0 Å². The predicted molar refractivity (Wildman–Crippen MR) is 84.7 cm³/mol. The number of carbonyl (C=O) groups excluding carboxylic acids is 1. The molecule has 21 heavy (non-hydrogen) atoms. The second-order valence-corrected chi connectivity index (χ2v) is 6.78. The van der Waals surface area contributed by atoms with Gasteiger partial charge in [-0.05, 0) is 18.8 Å². The Kier molecular flexibility index (Phi) is 5.45. The SMILES string of the molecule is CCc1cc(=O)n2c(n1)SCC2CC(=O)NCCC(C)C. The first-order valence-corrected chi connectivity index (χ1v) is 8.51. The van der Waals surface area contributed by atoms with E-state index in [-0.39, 0.29) is 17.5 Å². The van der Waals surface area contributed by atoms with E-state index in [4.69, 9.17) is 0 Å². The molecule has 5 nitrogen and oxygen atoms in total. The molecule has 0 spiro atoms. The van der Waals surface area contributed by atoms with Gasteiger partial charge >= 0.3 is 0 Å². The van der Waals surface area contributed by atoms with E-state index in [1.807, 2.05) is 6.92 Å². The fraction of sp³-hybridized carbons (Fsp3) is 0.667. The van der Waals surface area contributed by atoms with E-state index in [1.54, 1.807) is 22.4 Å². The van der Waals surface area contributed by atoms with Gasteiger partial charge in [-0.15, -0.1) is 0 Å². The van der Waals surface area contributed by atoms with Crippen molar-refractivity contribution in [3.8, 4) is 0 Å². The molecule has 1 N–H and O–H groups in total. The summed E-state index contributed by atoms with van der Waals surface area (Å²) in [4.78, 5) is 28.6. The zero-order chi connectivity index (χ0) is 15.4. The maximum atomic E-state index is 12.2. The molecule has 0 aliphatic carbocycles.